The smallest absolute Gasteiger partial charge is 0.244 e. The zero-order chi connectivity index (χ0) is 30.2. The van der Waals surface area contributed by atoms with Crippen LogP contribution in [0.25, 0.3) is 0 Å². The highest BCUT2D eigenvalue weighted by molar-refractivity contribution is 7.92. The molecule has 0 saturated carbocycles. The molecule has 1 atom stereocenters. The van der Waals surface area contributed by atoms with Crippen LogP contribution in [0.3, 0.4) is 0 Å². The Bertz CT molecular complexity index is 1450. The van der Waals surface area contributed by atoms with Crippen LogP contribution in [0.1, 0.15) is 36.5 Å². The lowest BCUT2D eigenvalue weighted by Gasteiger charge is -2.33. The van der Waals surface area contributed by atoms with E-state index in [1.165, 1.54) is 17.0 Å². The van der Waals surface area contributed by atoms with Crippen molar-refractivity contribution in [3.8, 4) is 0 Å². The molecule has 41 heavy (non-hydrogen) atoms. The summed E-state index contributed by atoms with van der Waals surface area (Å²) in [5, 5.41) is 3.20. The normalized spacial score (nSPS) is 12.0. The van der Waals surface area contributed by atoms with Gasteiger partial charge in [-0.15, -0.1) is 0 Å². The molecule has 0 spiro atoms. The maximum Gasteiger partial charge on any atom is 0.244 e. The number of hydrogen-bond acceptors (Lipinski definition) is 4. The van der Waals surface area contributed by atoms with Gasteiger partial charge in [-0.2, -0.15) is 0 Å². The van der Waals surface area contributed by atoms with Crippen molar-refractivity contribution in [1.82, 2.24) is 10.2 Å². The van der Waals surface area contributed by atoms with Crippen LogP contribution in [0.15, 0.2) is 66.7 Å². The fourth-order valence-corrected chi connectivity index (χ4v) is 5.79. The number of sulfonamides is 1. The molecular weight excluding hydrogens is 605 g/mol. The van der Waals surface area contributed by atoms with E-state index in [4.69, 9.17) is 34.8 Å². The number of aryl methyl sites for hydroxylation is 1. The monoisotopic (exact) mass is 637 g/mol. The first-order valence-electron chi connectivity index (χ1n) is 13.2. The van der Waals surface area contributed by atoms with Gasteiger partial charge in [0.1, 0.15) is 12.6 Å². The first kappa shape index (κ1) is 32.7. The number of halogens is 3. The summed E-state index contributed by atoms with van der Waals surface area (Å²) in [6.45, 7) is 3.92. The maximum atomic E-state index is 14.1. The van der Waals surface area contributed by atoms with Gasteiger partial charge in [-0.3, -0.25) is 13.9 Å². The molecule has 3 rings (SSSR count). The number of amides is 2. The van der Waals surface area contributed by atoms with Gasteiger partial charge in [0.25, 0.3) is 0 Å². The van der Waals surface area contributed by atoms with E-state index in [2.05, 4.69) is 5.32 Å². The van der Waals surface area contributed by atoms with Gasteiger partial charge >= 0.3 is 0 Å². The molecule has 11 heteroatoms. The molecule has 0 saturated heterocycles. The highest BCUT2D eigenvalue weighted by atomic mass is 35.5. The SMILES string of the molecule is CCCCNC(=O)[C@H](Cc1ccccc1)N(Cc1ccc(C)cc1)C(=O)CN(c1cc(Cl)c(Cl)cc1Cl)S(C)(=O)=O. The lowest BCUT2D eigenvalue weighted by molar-refractivity contribution is -0.140. The maximum absolute atomic E-state index is 14.1. The minimum Gasteiger partial charge on any atom is -0.354 e. The number of carbonyl (C=O) groups is 2. The lowest BCUT2D eigenvalue weighted by atomic mass is 10.0. The van der Waals surface area contributed by atoms with Crippen LogP contribution in [0.2, 0.25) is 15.1 Å². The predicted molar refractivity (Wildman–Crippen MR) is 167 cm³/mol. The van der Waals surface area contributed by atoms with Gasteiger partial charge in [-0.1, -0.05) is 108 Å². The van der Waals surface area contributed by atoms with Gasteiger partial charge in [0.2, 0.25) is 21.8 Å². The average molecular weight is 639 g/mol. The Morgan fingerprint density at radius 3 is 2.15 bits per heavy atom. The molecule has 0 unspecified atom stereocenters. The number of anilines is 1. The van der Waals surface area contributed by atoms with Crippen molar-refractivity contribution >= 4 is 62.3 Å². The minimum atomic E-state index is -4.00. The van der Waals surface area contributed by atoms with E-state index in [0.29, 0.717) is 6.54 Å². The van der Waals surface area contributed by atoms with Gasteiger partial charge in [-0.05, 0) is 36.6 Å². The fraction of sp³-hybridized carbons (Fsp3) is 0.333. The Kier molecular flexibility index (Phi) is 11.9. The van der Waals surface area contributed by atoms with Crippen molar-refractivity contribution in [3.63, 3.8) is 0 Å². The zero-order valence-electron chi connectivity index (χ0n) is 23.2. The Balaban J connectivity index is 2.07. The number of unbranched alkanes of at least 4 members (excludes halogenated alkanes) is 1. The number of nitrogens with zero attached hydrogens (tertiary/aromatic N) is 2. The molecule has 0 aliphatic heterocycles. The molecule has 0 aromatic heterocycles. The van der Waals surface area contributed by atoms with E-state index in [9.17, 15) is 18.0 Å². The second-order valence-corrected chi connectivity index (χ2v) is 13.0. The Morgan fingerprint density at radius 1 is 0.902 bits per heavy atom. The third kappa shape index (κ3) is 9.36. The highest BCUT2D eigenvalue weighted by Crippen LogP contribution is 2.35. The van der Waals surface area contributed by atoms with Crippen LogP contribution in [-0.2, 0) is 32.6 Å². The predicted octanol–water partition coefficient (Wildman–Crippen LogP) is 6.28. The van der Waals surface area contributed by atoms with Crippen molar-refractivity contribution in [2.75, 3.05) is 23.7 Å². The van der Waals surface area contributed by atoms with Crippen LogP contribution in [-0.4, -0.2) is 50.5 Å². The van der Waals surface area contributed by atoms with Crippen LogP contribution in [0, 0.1) is 6.92 Å². The number of hydrogen-bond donors (Lipinski definition) is 1. The number of benzene rings is 3. The van der Waals surface area contributed by atoms with Crippen LogP contribution < -0.4 is 9.62 Å². The first-order chi connectivity index (χ1) is 19.4. The summed E-state index contributed by atoms with van der Waals surface area (Å²) in [4.78, 5) is 29.2. The third-order valence-corrected chi connectivity index (χ3v) is 8.66. The third-order valence-electron chi connectivity index (χ3n) is 6.51. The fourth-order valence-electron chi connectivity index (χ4n) is 4.25. The van der Waals surface area contributed by atoms with Crippen molar-refractivity contribution in [2.24, 2.45) is 0 Å². The molecule has 0 heterocycles. The molecule has 2 amide bonds. The summed E-state index contributed by atoms with van der Waals surface area (Å²) in [5.41, 5.74) is 2.71. The Hall–Kier alpha value is -2.78. The van der Waals surface area contributed by atoms with E-state index in [-0.39, 0.29) is 39.6 Å². The molecule has 3 aromatic carbocycles. The zero-order valence-corrected chi connectivity index (χ0v) is 26.3. The summed E-state index contributed by atoms with van der Waals surface area (Å²) in [5.74, 6) is -0.897. The summed E-state index contributed by atoms with van der Waals surface area (Å²) in [6.07, 6.45) is 2.89. The molecule has 0 bridgehead atoms. The summed E-state index contributed by atoms with van der Waals surface area (Å²) in [7, 11) is -4.00. The van der Waals surface area contributed by atoms with Crippen molar-refractivity contribution in [1.29, 1.82) is 0 Å². The van der Waals surface area contributed by atoms with Crippen LogP contribution in [0.5, 0.6) is 0 Å². The van der Waals surface area contributed by atoms with E-state index in [0.717, 1.165) is 40.1 Å². The quantitative estimate of drug-likeness (QED) is 0.176. The van der Waals surface area contributed by atoms with Crippen molar-refractivity contribution in [2.45, 2.75) is 45.7 Å². The summed E-state index contributed by atoms with van der Waals surface area (Å²) < 4.78 is 26.8. The second kappa shape index (κ2) is 14.9. The highest BCUT2D eigenvalue weighted by Gasteiger charge is 2.33. The number of carbonyl (C=O) groups excluding carboxylic acids is 2. The molecule has 3 aromatic rings. The van der Waals surface area contributed by atoms with Gasteiger partial charge in [-0.25, -0.2) is 8.42 Å². The Labute approximate surface area is 257 Å². The average Bonchev–Trinajstić information content (AvgIpc) is 2.92. The second-order valence-electron chi connectivity index (χ2n) is 9.84. The van der Waals surface area contributed by atoms with E-state index in [1.54, 1.807) is 0 Å². The lowest BCUT2D eigenvalue weighted by Crippen LogP contribution is -2.53. The molecule has 220 valence electrons. The van der Waals surface area contributed by atoms with E-state index in [1.807, 2.05) is 68.4 Å². The van der Waals surface area contributed by atoms with Gasteiger partial charge < -0.3 is 10.2 Å². The first-order valence-corrected chi connectivity index (χ1v) is 16.2. The molecule has 0 aliphatic carbocycles. The number of nitrogens with one attached hydrogen (secondary N) is 1. The molecule has 0 aliphatic rings. The van der Waals surface area contributed by atoms with Gasteiger partial charge in [0.15, 0.2) is 0 Å². The molecule has 1 N–H and O–H groups in total. The summed E-state index contributed by atoms with van der Waals surface area (Å²) >= 11 is 18.6. The largest absolute Gasteiger partial charge is 0.354 e. The molecule has 0 fully saturated rings. The van der Waals surface area contributed by atoms with Gasteiger partial charge in [0, 0.05) is 19.5 Å². The van der Waals surface area contributed by atoms with Crippen LogP contribution >= 0.6 is 34.8 Å². The minimum absolute atomic E-state index is 0.0132. The van der Waals surface area contributed by atoms with Crippen molar-refractivity contribution in [3.05, 3.63) is 98.5 Å². The van der Waals surface area contributed by atoms with Crippen molar-refractivity contribution < 1.29 is 18.0 Å². The topological polar surface area (TPSA) is 86.8 Å². The molecular formula is C30H34Cl3N3O4S. The summed E-state index contributed by atoms with van der Waals surface area (Å²) in [6, 6.07) is 18.7. The number of rotatable bonds is 13. The van der Waals surface area contributed by atoms with Crippen LogP contribution in [0.4, 0.5) is 5.69 Å². The standard InChI is InChI=1S/C30H34Cl3N3O4S/c1-4-5-15-34-30(38)28(16-22-9-7-6-8-10-22)35(19-23-13-11-21(2)12-14-23)29(37)20-36(41(3,39)40)27-18-25(32)24(31)17-26(27)33/h6-14,17-18,28H,4-5,15-16,19-20H2,1-3H3,(H,34,38)/t28-/m0/s1. The van der Waals surface area contributed by atoms with E-state index < -0.39 is 28.5 Å². The molecule has 0 radical (unpaired) electrons. The van der Waals surface area contributed by atoms with Gasteiger partial charge in [0.05, 0.1) is 27.0 Å². The van der Waals surface area contributed by atoms with E-state index >= 15 is 0 Å². The molecule has 7 nitrogen and oxygen atoms in total. The Morgan fingerprint density at radius 2 is 1.54 bits per heavy atom.